The van der Waals surface area contributed by atoms with Gasteiger partial charge in [0.1, 0.15) is 0 Å². The van der Waals surface area contributed by atoms with Gasteiger partial charge in [-0.1, -0.05) is 13.3 Å². The van der Waals surface area contributed by atoms with Crippen molar-refractivity contribution in [2.45, 2.75) is 39.7 Å². The topological polar surface area (TPSA) is 43.2 Å². The fraction of sp³-hybridized carbons (Fsp3) is 0.875. The van der Waals surface area contributed by atoms with E-state index in [0.717, 1.165) is 19.4 Å². The molecule has 0 bridgehead atoms. The van der Waals surface area contributed by atoms with Crippen molar-refractivity contribution in [3.63, 3.8) is 0 Å². The minimum absolute atomic E-state index is 0.0941. The summed E-state index contributed by atoms with van der Waals surface area (Å²) in [7, 11) is 0. The smallest absolute Gasteiger partial charge is 0.336 e. The van der Waals surface area contributed by atoms with E-state index in [1.807, 2.05) is 13.8 Å². The second-order valence-electron chi connectivity index (χ2n) is 2.81. The highest BCUT2D eigenvalue weighted by Crippen LogP contribution is 1.84. The van der Waals surface area contributed by atoms with Gasteiger partial charge in [-0.2, -0.15) is 0 Å². The van der Waals surface area contributed by atoms with E-state index < -0.39 is 0 Å². The molecule has 0 atom stereocenters. The number of hydrogen-bond acceptors (Lipinski definition) is 1. The highest BCUT2D eigenvalue weighted by atomic mass is 16.2. The van der Waals surface area contributed by atoms with Gasteiger partial charge in [0, 0.05) is 12.6 Å². The normalized spacial score (nSPS) is 9.82. The van der Waals surface area contributed by atoms with Crippen LogP contribution in [-0.4, -0.2) is 18.6 Å². The van der Waals surface area contributed by atoms with Gasteiger partial charge in [0.2, 0.25) is 0 Å². The number of hydrogen-bond donors (Lipinski definition) is 1. The van der Waals surface area contributed by atoms with E-state index in [0.29, 0.717) is 0 Å². The predicted octanol–water partition coefficient (Wildman–Crippen LogP) is 1.51. The fourth-order valence-electron chi connectivity index (χ4n) is 0.652. The van der Waals surface area contributed by atoms with Crippen LogP contribution in [0.25, 0.3) is 0 Å². The Labute approximate surface area is 68.6 Å². The van der Waals surface area contributed by atoms with Gasteiger partial charge in [-0.15, -0.1) is 0 Å². The van der Waals surface area contributed by atoms with E-state index in [4.69, 9.17) is 0 Å². The van der Waals surface area contributed by atoms with E-state index >= 15 is 0 Å². The molecule has 65 valence electrons. The first-order valence-electron chi connectivity index (χ1n) is 4.15. The number of amides is 2. The molecule has 0 aromatic rings. The van der Waals surface area contributed by atoms with Gasteiger partial charge in [-0.3, -0.25) is 0 Å². The maximum Gasteiger partial charge on any atom is 0.336 e. The molecule has 0 saturated carbocycles. The quantitative estimate of drug-likeness (QED) is 0.617. The number of unbranched alkanes of at least 4 members (excludes halogenated alkanes) is 1. The third kappa shape index (κ3) is 7.16. The molecule has 0 aliphatic heterocycles. The highest BCUT2D eigenvalue weighted by molar-refractivity contribution is 5.73. The van der Waals surface area contributed by atoms with Crippen molar-refractivity contribution in [1.29, 1.82) is 0 Å². The lowest BCUT2D eigenvalue weighted by Gasteiger charge is -2.05. The average Bonchev–Trinajstić information content (AvgIpc) is 1.86. The minimum Gasteiger partial charge on any atom is -0.337 e. The monoisotopic (exact) mass is 157 g/mol. The average molecular weight is 157 g/mol. The van der Waals surface area contributed by atoms with Crippen LogP contribution in [0.4, 0.5) is 4.79 Å². The number of nitrogens with zero attached hydrogens (tertiary/aromatic N) is 1. The molecule has 2 amide bonds. The third-order valence-corrected chi connectivity index (χ3v) is 1.18. The second kappa shape index (κ2) is 6.01. The van der Waals surface area contributed by atoms with Crippen molar-refractivity contribution in [2.75, 3.05) is 6.54 Å². The molecule has 0 aromatic carbocycles. The zero-order valence-corrected chi connectivity index (χ0v) is 7.55. The Bertz CT molecular complexity index is 113. The third-order valence-electron chi connectivity index (χ3n) is 1.18. The zero-order chi connectivity index (χ0) is 8.69. The molecule has 0 unspecified atom stereocenters. The van der Waals surface area contributed by atoms with Crippen molar-refractivity contribution < 1.29 is 4.79 Å². The summed E-state index contributed by atoms with van der Waals surface area (Å²) in [5.41, 5.74) is 0. The first kappa shape index (κ1) is 10.3. The summed E-state index contributed by atoms with van der Waals surface area (Å²) < 4.78 is 0. The molecule has 0 rings (SSSR count). The molecule has 0 heterocycles. The molecule has 1 N–H and O–H groups in total. The van der Waals surface area contributed by atoms with Gasteiger partial charge < -0.3 is 5.32 Å². The zero-order valence-electron chi connectivity index (χ0n) is 7.55. The first-order valence-corrected chi connectivity index (χ1v) is 4.15. The predicted molar refractivity (Wildman–Crippen MR) is 45.6 cm³/mol. The van der Waals surface area contributed by atoms with E-state index in [2.05, 4.69) is 17.6 Å². The van der Waals surface area contributed by atoms with E-state index in [-0.39, 0.29) is 12.1 Å². The number of urea groups is 1. The summed E-state index contributed by atoms with van der Waals surface area (Å²) >= 11 is 0. The largest absolute Gasteiger partial charge is 0.337 e. The van der Waals surface area contributed by atoms with E-state index in [1.165, 1.54) is 0 Å². The van der Waals surface area contributed by atoms with Crippen LogP contribution in [-0.2, 0) is 0 Å². The molecular weight excluding hydrogens is 140 g/mol. The summed E-state index contributed by atoms with van der Waals surface area (Å²) in [6.45, 7) is 6.61. The van der Waals surface area contributed by atoms with Crippen LogP contribution >= 0.6 is 0 Å². The lowest BCUT2D eigenvalue weighted by Crippen LogP contribution is -2.34. The van der Waals surface area contributed by atoms with Crippen LogP contribution in [0.2, 0.25) is 0 Å². The van der Waals surface area contributed by atoms with Gasteiger partial charge in [-0.25, -0.2) is 10.1 Å². The molecule has 0 fully saturated rings. The van der Waals surface area contributed by atoms with E-state index in [9.17, 15) is 4.79 Å². The van der Waals surface area contributed by atoms with Crippen LogP contribution in [0.15, 0.2) is 0 Å². The summed E-state index contributed by atoms with van der Waals surface area (Å²) in [6.07, 6.45) is 2.13. The SMILES string of the molecule is CCCCNC(=O)[N]C(C)C. The van der Waals surface area contributed by atoms with Crippen molar-refractivity contribution in [3.8, 4) is 0 Å². The molecule has 3 nitrogen and oxygen atoms in total. The Morgan fingerprint density at radius 2 is 2.18 bits per heavy atom. The number of carbonyl (C=O) groups is 1. The maximum atomic E-state index is 10.9. The lowest BCUT2D eigenvalue weighted by molar-refractivity contribution is 0.237. The van der Waals surface area contributed by atoms with Crippen LogP contribution in [0.1, 0.15) is 33.6 Å². The van der Waals surface area contributed by atoms with Gasteiger partial charge in [0.05, 0.1) is 0 Å². The maximum absolute atomic E-state index is 10.9. The Hall–Kier alpha value is -0.730. The Kier molecular flexibility index (Phi) is 5.61. The molecule has 1 radical (unpaired) electrons. The Morgan fingerprint density at radius 3 is 2.64 bits per heavy atom. The van der Waals surface area contributed by atoms with Crippen molar-refractivity contribution in [2.24, 2.45) is 0 Å². The molecule has 11 heavy (non-hydrogen) atoms. The molecule has 0 aromatic heterocycles. The molecule has 0 saturated heterocycles. The van der Waals surface area contributed by atoms with Gasteiger partial charge in [-0.05, 0) is 20.3 Å². The van der Waals surface area contributed by atoms with Crippen LogP contribution in [0, 0.1) is 0 Å². The molecule has 3 heteroatoms. The molecular formula is C8H17N2O. The molecule has 0 aliphatic rings. The minimum atomic E-state index is -0.187. The van der Waals surface area contributed by atoms with Crippen molar-refractivity contribution >= 4 is 6.03 Å². The van der Waals surface area contributed by atoms with E-state index in [1.54, 1.807) is 0 Å². The Balaban J connectivity index is 3.23. The van der Waals surface area contributed by atoms with Crippen LogP contribution in [0.5, 0.6) is 0 Å². The Morgan fingerprint density at radius 1 is 1.55 bits per heavy atom. The van der Waals surface area contributed by atoms with Crippen molar-refractivity contribution in [1.82, 2.24) is 10.6 Å². The highest BCUT2D eigenvalue weighted by Gasteiger charge is 2.02. The summed E-state index contributed by atoms with van der Waals surface area (Å²) in [5.74, 6) is 0. The first-order chi connectivity index (χ1) is 5.16. The summed E-state index contributed by atoms with van der Waals surface area (Å²) in [5, 5.41) is 6.51. The second-order valence-corrected chi connectivity index (χ2v) is 2.81. The standard InChI is InChI=1S/C8H17N2O/c1-4-5-6-9-8(11)10-7(2)3/h7H,4-6H2,1-3H3,(H,9,11). The number of rotatable bonds is 4. The van der Waals surface area contributed by atoms with Gasteiger partial charge in [0.25, 0.3) is 0 Å². The summed E-state index contributed by atoms with van der Waals surface area (Å²) in [4.78, 5) is 10.9. The fourth-order valence-corrected chi connectivity index (χ4v) is 0.652. The van der Waals surface area contributed by atoms with Crippen LogP contribution in [0.3, 0.4) is 0 Å². The molecule has 0 aliphatic carbocycles. The number of carbonyl (C=O) groups excluding carboxylic acids is 1. The van der Waals surface area contributed by atoms with Crippen LogP contribution < -0.4 is 10.6 Å². The molecule has 0 spiro atoms. The van der Waals surface area contributed by atoms with Gasteiger partial charge >= 0.3 is 6.03 Å². The van der Waals surface area contributed by atoms with Crippen molar-refractivity contribution in [3.05, 3.63) is 0 Å². The summed E-state index contributed by atoms with van der Waals surface area (Å²) in [6, 6.07) is -0.0925. The van der Waals surface area contributed by atoms with Gasteiger partial charge in [0.15, 0.2) is 0 Å². The number of nitrogens with one attached hydrogen (secondary N) is 1. The lowest BCUT2D eigenvalue weighted by atomic mass is 10.3.